The lowest BCUT2D eigenvalue weighted by atomic mass is 9.90. The second kappa shape index (κ2) is 10.6. The molecule has 0 aromatic carbocycles. The maximum atomic E-state index is 13.3. The molecule has 0 amide bonds. The van der Waals surface area contributed by atoms with E-state index < -0.39 is 11.9 Å². The van der Waals surface area contributed by atoms with Crippen LogP contribution in [0.4, 0.5) is 13.2 Å². The summed E-state index contributed by atoms with van der Waals surface area (Å²) in [6, 6.07) is 3.82. The molecule has 3 nitrogen and oxygen atoms in total. The molecular formula is C20H25F3N2OS. The van der Waals surface area contributed by atoms with Crippen molar-refractivity contribution in [2.45, 2.75) is 44.7 Å². The number of aryl methyl sites for hydroxylation is 1. The number of allylic oxidation sites excluding steroid dienone is 1. The number of carbonyl (C=O) groups is 1. The SMILES string of the molecule is CSCCC(=O)CCCC1=CC(CCc2cccnc2)CN=C1C(F)(F)F. The minimum absolute atomic E-state index is 0.0153. The molecule has 0 fully saturated rings. The smallest absolute Gasteiger partial charge is 0.300 e. The van der Waals surface area contributed by atoms with Crippen LogP contribution in [0.3, 0.4) is 0 Å². The summed E-state index contributed by atoms with van der Waals surface area (Å²) in [6.45, 7) is 0.158. The highest BCUT2D eigenvalue weighted by molar-refractivity contribution is 7.98. The van der Waals surface area contributed by atoms with Gasteiger partial charge in [0.05, 0.1) is 0 Å². The van der Waals surface area contributed by atoms with Crippen LogP contribution in [0, 0.1) is 5.92 Å². The molecule has 0 bridgehead atoms. The molecular weight excluding hydrogens is 373 g/mol. The topological polar surface area (TPSA) is 42.3 Å². The van der Waals surface area contributed by atoms with Crippen LogP contribution < -0.4 is 0 Å². The number of aliphatic imine (C=N–C) groups is 1. The summed E-state index contributed by atoms with van der Waals surface area (Å²) >= 11 is 1.59. The molecule has 2 heterocycles. The fourth-order valence-electron chi connectivity index (χ4n) is 3.09. The molecule has 0 spiro atoms. The summed E-state index contributed by atoms with van der Waals surface area (Å²) in [7, 11) is 0. The van der Waals surface area contributed by atoms with E-state index in [1.54, 1.807) is 30.2 Å². The average Bonchev–Trinajstić information content (AvgIpc) is 2.65. The van der Waals surface area contributed by atoms with Gasteiger partial charge in [0, 0.05) is 31.8 Å². The quantitative estimate of drug-likeness (QED) is 0.553. The summed E-state index contributed by atoms with van der Waals surface area (Å²) in [5.41, 5.74) is 0.539. The van der Waals surface area contributed by atoms with E-state index in [9.17, 15) is 18.0 Å². The number of Topliss-reactive ketones (excluding diaryl/α,β-unsaturated/α-hetero) is 1. The number of ketones is 1. The standard InChI is InChI=1S/C20H25F3N2OS/c1-27-11-9-18(26)6-2-5-17-12-16(14-25-19(17)20(21,22)23)8-7-15-4-3-10-24-13-15/h3-4,10,12-13,16H,2,5-9,11,14H2,1H3. The van der Waals surface area contributed by atoms with Gasteiger partial charge < -0.3 is 0 Å². The van der Waals surface area contributed by atoms with Gasteiger partial charge in [-0.15, -0.1) is 0 Å². The Labute approximate surface area is 162 Å². The Morgan fingerprint density at radius 1 is 1.30 bits per heavy atom. The first-order chi connectivity index (χ1) is 12.9. The number of rotatable bonds is 10. The lowest BCUT2D eigenvalue weighted by molar-refractivity contribution is -0.118. The van der Waals surface area contributed by atoms with Crippen LogP contribution in [0.25, 0.3) is 0 Å². The van der Waals surface area contributed by atoms with Crippen molar-refractivity contribution in [1.29, 1.82) is 0 Å². The van der Waals surface area contributed by atoms with E-state index in [0.717, 1.165) is 24.2 Å². The normalized spacial score (nSPS) is 17.4. The van der Waals surface area contributed by atoms with Crippen LogP contribution in [-0.4, -0.2) is 41.2 Å². The van der Waals surface area contributed by atoms with E-state index >= 15 is 0 Å². The molecule has 1 atom stereocenters. The van der Waals surface area contributed by atoms with Crippen LogP contribution in [0.5, 0.6) is 0 Å². The number of hydrogen-bond donors (Lipinski definition) is 0. The van der Waals surface area contributed by atoms with Crippen LogP contribution in [0.1, 0.15) is 37.7 Å². The Morgan fingerprint density at radius 3 is 2.78 bits per heavy atom. The third kappa shape index (κ3) is 7.48. The maximum absolute atomic E-state index is 13.3. The number of halogens is 3. The van der Waals surface area contributed by atoms with Crippen molar-refractivity contribution in [3.63, 3.8) is 0 Å². The zero-order valence-corrected chi connectivity index (χ0v) is 16.3. The number of aromatic nitrogens is 1. The Balaban J connectivity index is 1.95. The van der Waals surface area contributed by atoms with Crippen LogP contribution in [0.15, 0.2) is 41.2 Å². The fourth-order valence-corrected chi connectivity index (χ4v) is 3.52. The number of nitrogens with zero attached hydrogens (tertiary/aromatic N) is 2. The van der Waals surface area contributed by atoms with Gasteiger partial charge in [-0.1, -0.05) is 12.1 Å². The number of alkyl halides is 3. The number of dihydropyridines is 1. The summed E-state index contributed by atoms with van der Waals surface area (Å²) in [4.78, 5) is 19.7. The highest BCUT2D eigenvalue weighted by atomic mass is 32.2. The second-order valence-corrected chi connectivity index (χ2v) is 7.66. The summed E-state index contributed by atoms with van der Waals surface area (Å²) in [6.07, 6.45) is 5.65. The predicted octanol–water partition coefficient (Wildman–Crippen LogP) is 5.07. The molecule has 0 aliphatic carbocycles. The van der Waals surface area contributed by atoms with E-state index in [-0.39, 0.29) is 30.2 Å². The second-order valence-electron chi connectivity index (χ2n) is 6.67. The van der Waals surface area contributed by atoms with Gasteiger partial charge in [-0.25, -0.2) is 0 Å². The van der Waals surface area contributed by atoms with Crippen molar-refractivity contribution in [1.82, 2.24) is 4.98 Å². The van der Waals surface area contributed by atoms with Gasteiger partial charge in [-0.3, -0.25) is 14.8 Å². The third-order valence-electron chi connectivity index (χ3n) is 4.51. The summed E-state index contributed by atoms with van der Waals surface area (Å²) < 4.78 is 39.8. The monoisotopic (exact) mass is 398 g/mol. The van der Waals surface area contributed by atoms with Gasteiger partial charge in [0.1, 0.15) is 11.5 Å². The van der Waals surface area contributed by atoms with Crippen molar-refractivity contribution in [3.05, 3.63) is 41.7 Å². The van der Waals surface area contributed by atoms with Crippen molar-refractivity contribution < 1.29 is 18.0 Å². The Bertz CT molecular complexity index is 672. The first kappa shape index (κ1) is 21.7. The van der Waals surface area contributed by atoms with E-state index in [4.69, 9.17) is 0 Å². The molecule has 148 valence electrons. The zero-order chi connectivity index (χ0) is 19.7. The molecule has 0 radical (unpaired) electrons. The van der Waals surface area contributed by atoms with E-state index in [2.05, 4.69) is 9.98 Å². The average molecular weight is 398 g/mol. The van der Waals surface area contributed by atoms with E-state index in [0.29, 0.717) is 19.3 Å². The van der Waals surface area contributed by atoms with Gasteiger partial charge in [-0.2, -0.15) is 24.9 Å². The van der Waals surface area contributed by atoms with Crippen molar-refractivity contribution in [2.75, 3.05) is 18.6 Å². The first-order valence-electron chi connectivity index (χ1n) is 9.12. The molecule has 0 saturated heterocycles. The van der Waals surface area contributed by atoms with Gasteiger partial charge >= 0.3 is 6.18 Å². The van der Waals surface area contributed by atoms with Crippen molar-refractivity contribution in [2.24, 2.45) is 10.9 Å². The van der Waals surface area contributed by atoms with E-state index in [1.807, 2.05) is 18.4 Å². The van der Waals surface area contributed by atoms with Gasteiger partial charge in [0.25, 0.3) is 0 Å². The molecule has 2 rings (SSSR count). The van der Waals surface area contributed by atoms with Crippen molar-refractivity contribution in [3.8, 4) is 0 Å². The zero-order valence-electron chi connectivity index (χ0n) is 15.5. The highest BCUT2D eigenvalue weighted by Gasteiger charge is 2.39. The van der Waals surface area contributed by atoms with Gasteiger partial charge in [-0.05, 0) is 60.8 Å². The number of hydrogen-bond acceptors (Lipinski definition) is 4. The fraction of sp³-hybridized carbons (Fsp3) is 0.550. The molecule has 7 heteroatoms. The molecule has 1 aromatic rings. The molecule has 1 unspecified atom stereocenters. The third-order valence-corrected chi connectivity index (χ3v) is 5.12. The Hall–Kier alpha value is -1.63. The summed E-state index contributed by atoms with van der Waals surface area (Å²) in [5, 5.41) is 0. The molecule has 0 saturated carbocycles. The van der Waals surface area contributed by atoms with Crippen LogP contribution in [-0.2, 0) is 11.2 Å². The number of carbonyl (C=O) groups excluding carboxylic acids is 1. The Kier molecular flexibility index (Phi) is 8.54. The van der Waals surface area contributed by atoms with Crippen LogP contribution >= 0.6 is 11.8 Å². The molecule has 0 N–H and O–H groups in total. The van der Waals surface area contributed by atoms with Gasteiger partial charge in [0.2, 0.25) is 0 Å². The van der Waals surface area contributed by atoms with Crippen LogP contribution in [0.2, 0.25) is 0 Å². The predicted molar refractivity (Wildman–Crippen MR) is 104 cm³/mol. The minimum Gasteiger partial charge on any atom is -0.300 e. The summed E-state index contributed by atoms with van der Waals surface area (Å²) in [5.74, 6) is 0.852. The minimum atomic E-state index is -4.44. The van der Waals surface area contributed by atoms with Crippen molar-refractivity contribution >= 4 is 23.3 Å². The maximum Gasteiger partial charge on any atom is 0.433 e. The molecule has 27 heavy (non-hydrogen) atoms. The lowest BCUT2D eigenvalue weighted by Gasteiger charge is -2.23. The largest absolute Gasteiger partial charge is 0.433 e. The number of pyridine rings is 1. The molecule has 1 aromatic heterocycles. The van der Waals surface area contributed by atoms with E-state index in [1.165, 1.54) is 0 Å². The lowest BCUT2D eigenvalue weighted by Crippen LogP contribution is -2.29. The molecule has 1 aliphatic rings. The Morgan fingerprint density at radius 2 is 2.11 bits per heavy atom. The van der Waals surface area contributed by atoms with Gasteiger partial charge in [0.15, 0.2) is 0 Å². The number of thioether (sulfide) groups is 1. The first-order valence-corrected chi connectivity index (χ1v) is 10.5. The highest BCUT2D eigenvalue weighted by Crippen LogP contribution is 2.30. The molecule has 1 aliphatic heterocycles.